The summed E-state index contributed by atoms with van der Waals surface area (Å²) in [4.78, 5) is 2.65. The molecular formula is C15H30N2. The molecule has 2 fully saturated rings. The van der Waals surface area contributed by atoms with Crippen LogP contribution in [0.2, 0.25) is 0 Å². The third-order valence-electron chi connectivity index (χ3n) is 5.30. The Bertz CT molecular complexity index is 223. The second-order valence-electron chi connectivity index (χ2n) is 6.34. The summed E-state index contributed by atoms with van der Waals surface area (Å²) in [5, 5.41) is 0. The van der Waals surface area contributed by atoms with Gasteiger partial charge in [-0.15, -0.1) is 0 Å². The molecule has 2 aliphatic rings. The van der Waals surface area contributed by atoms with E-state index in [9.17, 15) is 0 Å². The van der Waals surface area contributed by atoms with Crippen LogP contribution in [0.5, 0.6) is 0 Å². The van der Waals surface area contributed by atoms with E-state index >= 15 is 0 Å². The highest BCUT2D eigenvalue weighted by atomic mass is 15.2. The van der Waals surface area contributed by atoms with Gasteiger partial charge in [0.1, 0.15) is 0 Å². The van der Waals surface area contributed by atoms with Gasteiger partial charge in [0.05, 0.1) is 0 Å². The van der Waals surface area contributed by atoms with Crippen LogP contribution in [0, 0.1) is 11.8 Å². The van der Waals surface area contributed by atoms with Crippen LogP contribution in [0.3, 0.4) is 0 Å². The van der Waals surface area contributed by atoms with Gasteiger partial charge in [0.15, 0.2) is 0 Å². The first kappa shape index (κ1) is 13.4. The summed E-state index contributed by atoms with van der Waals surface area (Å²) in [5.41, 5.74) is 6.06. The van der Waals surface area contributed by atoms with Crippen LogP contribution in [0.25, 0.3) is 0 Å². The Morgan fingerprint density at radius 2 is 1.65 bits per heavy atom. The van der Waals surface area contributed by atoms with Gasteiger partial charge in [-0.1, -0.05) is 32.6 Å². The average molecular weight is 238 g/mol. The molecule has 17 heavy (non-hydrogen) atoms. The van der Waals surface area contributed by atoms with Crippen LogP contribution in [-0.4, -0.2) is 30.6 Å². The largest absolute Gasteiger partial charge is 0.329 e. The van der Waals surface area contributed by atoms with Gasteiger partial charge < -0.3 is 5.73 Å². The second kappa shape index (κ2) is 6.19. The zero-order valence-electron chi connectivity index (χ0n) is 11.7. The molecule has 0 radical (unpaired) electrons. The average Bonchev–Trinajstić information content (AvgIpc) is 2.84. The minimum Gasteiger partial charge on any atom is -0.329 e. The Labute approximate surface area is 107 Å². The van der Waals surface area contributed by atoms with Crippen molar-refractivity contribution in [1.82, 2.24) is 4.90 Å². The summed E-state index contributed by atoms with van der Waals surface area (Å²) in [6.07, 6.45) is 11.3. The third kappa shape index (κ3) is 3.03. The van der Waals surface area contributed by atoms with E-state index in [0.29, 0.717) is 6.04 Å². The fourth-order valence-corrected chi connectivity index (χ4v) is 4.18. The van der Waals surface area contributed by atoms with Crippen LogP contribution in [-0.2, 0) is 0 Å². The van der Waals surface area contributed by atoms with E-state index in [1.54, 1.807) is 0 Å². The van der Waals surface area contributed by atoms with Gasteiger partial charge in [-0.3, -0.25) is 4.90 Å². The molecule has 100 valence electrons. The summed E-state index contributed by atoms with van der Waals surface area (Å²) in [7, 11) is 2.34. The van der Waals surface area contributed by atoms with Crippen molar-refractivity contribution in [3.05, 3.63) is 0 Å². The molecule has 0 spiro atoms. The number of rotatable bonds is 4. The lowest BCUT2D eigenvalue weighted by molar-refractivity contribution is 0.0715. The smallest absolute Gasteiger partial charge is 0.0246 e. The summed E-state index contributed by atoms with van der Waals surface area (Å²) in [5.74, 6) is 1.74. The Morgan fingerprint density at radius 3 is 2.24 bits per heavy atom. The lowest BCUT2D eigenvalue weighted by atomic mass is 9.83. The standard InChI is InChI=1S/C15H30N2/c1-12-7-3-6-10-14(12)17(2)15(11-16)13-8-4-5-9-13/h12-15H,3-11,16H2,1-2H3. The van der Waals surface area contributed by atoms with Gasteiger partial charge >= 0.3 is 0 Å². The quantitative estimate of drug-likeness (QED) is 0.816. The van der Waals surface area contributed by atoms with E-state index in [0.717, 1.165) is 24.4 Å². The number of nitrogens with two attached hydrogens (primary N) is 1. The molecule has 0 amide bonds. The number of likely N-dealkylation sites (N-methyl/N-ethyl adjacent to an activating group) is 1. The third-order valence-corrected chi connectivity index (χ3v) is 5.30. The topological polar surface area (TPSA) is 29.3 Å². The van der Waals surface area contributed by atoms with Crippen molar-refractivity contribution in [2.45, 2.75) is 70.4 Å². The Kier molecular flexibility index (Phi) is 4.87. The zero-order chi connectivity index (χ0) is 12.3. The highest BCUT2D eigenvalue weighted by Gasteiger charge is 2.33. The van der Waals surface area contributed by atoms with E-state index in [2.05, 4.69) is 18.9 Å². The molecule has 2 aliphatic carbocycles. The number of hydrogen-bond acceptors (Lipinski definition) is 2. The molecule has 0 bridgehead atoms. The Hall–Kier alpha value is -0.0800. The molecule has 2 heteroatoms. The van der Waals surface area contributed by atoms with Crippen molar-refractivity contribution < 1.29 is 0 Å². The molecule has 0 aromatic rings. The molecule has 0 aliphatic heterocycles. The van der Waals surface area contributed by atoms with Gasteiger partial charge in [-0.25, -0.2) is 0 Å². The minimum atomic E-state index is 0.642. The maximum absolute atomic E-state index is 6.06. The van der Waals surface area contributed by atoms with Crippen molar-refractivity contribution in [2.24, 2.45) is 17.6 Å². The van der Waals surface area contributed by atoms with E-state index in [4.69, 9.17) is 5.73 Å². The van der Waals surface area contributed by atoms with E-state index < -0.39 is 0 Å². The molecule has 2 nitrogen and oxygen atoms in total. The van der Waals surface area contributed by atoms with Gasteiger partial charge in [0, 0.05) is 18.6 Å². The normalized spacial score (nSPS) is 33.2. The van der Waals surface area contributed by atoms with Crippen molar-refractivity contribution in [1.29, 1.82) is 0 Å². The Morgan fingerprint density at radius 1 is 1.06 bits per heavy atom. The number of hydrogen-bond donors (Lipinski definition) is 1. The van der Waals surface area contributed by atoms with E-state index in [-0.39, 0.29) is 0 Å². The molecule has 0 aromatic carbocycles. The van der Waals surface area contributed by atoms with Crippen LogP contribution >= 0.6 is 0 Å². The molecular weight excluding hydrogens is 208 g/mol. The number of nitrogens with zero attached hydrogens (tertiary/aromatic N) is 1. The first-order chi connectivity index (χ1) is 8.24. The highest BCUT2D eigenvalue weighted by Crippen LogP contribution is 2.34. The summed E-state index contributed by atoms with van der Waals surface area (Å²) in [6, 6.07) is 1.43. The fourth-order valence-electron chi connectivity index (χ4n) is 4.18. The molecule has 0 heterocycles. The molecule has 0 saturated heterocycles. The molecule has 2 saturated carbocycles. The lowest BCUT2D eigenvalue weighted by Crippen LogP contribution is -2.50. The Balaban J connectivity index is 1.97. The predicted octanol–water partition coefficient (Wildman–Crippen LogP) is 3.01. The van der Waals surface area contributed by atoms with Gasteiger partial charge in [-0.05, 0) is 44.6 Å². The summed E-state index contributed by atoms with van der Waals surface area (Å²) in [6.45, 7) is 3.28. The van der Waals surface area contributed by atoms with Crippen molar-refractivity contribution in [3.8, 4) is 0 Å². The molecule has 2 rings (SSSR count). The highest BCUT2D eigenvalue weighted by molar-refractivity contribution is 4.88. The molecule has 2 N–H and O–H groups in total. The van der Waals surface area contributed by atoms with E-state index in [1.165, 1.54) is 51.4 Å². The van der Waals surface area contributed by atoms with Gasteiger partial charge in [-0.2, -0.15) is 0 Å². The van der Waals surface area contributed by atoms with Gasteiger partial charge in [0.2, 0.25) is 0 Å². The van der Waals surface area contributed by atoms with Crippen LogP contribution in [0.15, 0.2) is 0 Å². The lowest BCUT2D eigenvalue weighted by Gasteiger charge is -2.42. The van der Waals surface area contributed by atoms with Crippen molar-refractivity contribution in [2.75, 3.05) is 13.6 Å². The maximum atomic E-state index is 6.06. The second-order valence-corrected chi connectivity index (χ2v) is 6.34. The zero-order valence-corrected chi connectivity index (χ0v) is 11.7. The first-order valence-corrected chi connectivity index (χ1v) is 7.66. The van der Waals surface area contributed by atoms with Gasteiger partial charge in [0.25, 0.3) is 0 Å². The molecule has 0 aromatic heterocycles. The predicted molar refractivity (Wildman–Crippen MR) is 74.0 cm³/mol. The van der Waals surface area contributed by atoms with Crippen LogP contribution in [0.4, 0.5) is 0 Å². The SMILES string of the molecule is CC1CCCCC1N(C)C(CN)C1CCCC1. The van der Waals surface area contributed by atoms with Crippen molar-refractivity contribution in [3.63, 3.8) is 0 Å². The fraction of sp³-hybridized carbons (Fsp3) is 1.00. The molecule has 3 unspecified atom stereocenters. The first-order valence-electron chi connectivity index (χ1n) is 7.66. The summed E-state index contributed by atoms with van der Waals surface area (Å²) < 4.78 is 0. The molecule has 3 atom stereocenters. The monoisotopic (exact) mass is 238 g/mol. The van der Waals surface area contributed by atoms with Crippen molar-refractivity contribution >= 4 is 0 Å². The summed E-state index contributed by atoms with van der Waals surface area (Å²) >= 11 is 0. The van der Waals surface area contributed by atoms with E-state index in [1.807, 2.05) is 0 Å². The van der Waals surface area contributed by atoms with Crippen LogP contribution in [0.1, 0.15) is 58.3 Å². The minimum absolute atomic E-state index is 0.642. The maximum Gasteiger partial charge on any atom is 0.0246 e. The van der Waals surface area contributed by atoms with Crippen LogP contribution < -0.4 is 5.73 Å².